The Morgan fingerprint density at radius 3 is 2.57 bits per heavy atom. The number of hydrogen-bond donors (Lipinski definition) is 0. The van der Waals surface area contributed by atoms with Gasteiger partial charge in [-0.3, -0.25) is 4.79 Å². The van der Waals surface area contributed by atoms with Gasteiger partial charge >= 0.3 is 0 Å². The number of hydrogen-bond acceptors (Lipinski definition) is 3. The molecule has 0 aliphatic carbocycles. The lowest BCUT2D eigenvalue weighted by Gasteiger charge is -2.30. The van der Waals surface area contributed by atoms with Gasteiger partial charge in [0.05, 0.1) is 4.90 Å². The Morgan fingerprint density at radius 1 is 1.04 bits per heavy atom. The monoisotopic (exact) mass is 418 g/mol. The molecule has 2 unspecified atom stereocenters. The van der Waals surface area contributed by atoms with E-state index in [0.29, 0.717) is 31.1 Å². The van der Waals surface area contributed by atoms with Crippen molar-refractivity contribution in [1.29, 1.82) is 0 Å². The molecule has 0 N–H and O–H groups in total. The Labute approximate surface area is 171 Å². The molecular weight excluding hydrogens is 396 g/mol. The Kier molecular flexibility index (Phi) is 5.45. The number of fused-ring (bicyclic) bond motifs is 1. The van der Waals surface area contributed by atoms with Crippen molar-refractivity contribution in [2.75, 3.05) is 13.1 Å². The normalized spacial score (nSPS) is 23.5. The predicted molar refractivity (Wildman–Crippen MR) is 108 cm³/mol. The lowest BCUT2D eigenvalue weighted by atomic mass is 9.98. The average molecular weight is 419 g/mol. The Balaban J connectivity index is 1.60. The third-order valence-corrected chi connectivity index (χ3v) is 7.75. The van der Waals surface area contributed by atoms with Crippen LogP contribution in [0.3, 0.4) is 0 Å². The van der Waals surface area contributed by atoms with Crippen LogP contribution in [0, 0.1) is 5.92 Å². The summed E-state index contributed by atoms with van der Waals surface area (Å²) in [5.41, 5.74) is 1.06. The van der Waals surface area contributed by atoms with E-state index in [9.17, 15) is 13.2 Å². The fourth-order valence-electron chi connectivity index (χ4n) is 4.25. The van der Waals surface area contributed by atoms with Gasteiger partial charge in [-0.15, -0.1) is 0 Å². The van der Waals surface area contributed by atoms with Crippen LogP contribution in [0.15, 0.2) is 59.5 Å². The number of benzene rings is 2. The molecule has 2 heterocycles. The van der Waals surface area contributed by atoms with E-state index >= 15 is 0 Å². The second-order valence-electron chi connectivity index (χ2n) is 7.51. The maximum Gasteiger partial charge on any atom is 0.243 e. The zero-order valence-electron chi connectivity index (χ0n) is 15.5. The van der Waals surface area contributed by atoms with Gasteiger partial charge in [0.2, 0.25) is 15.9 Å². The van der Waals surface area contributed by atoms with Crippen molar-refractivity contribution < 1.29 is 13.2 Å². The molecular formula is C21H23ClN2O3S. The molecule has 2 aliphatic heterocycles. The molecule has 0 saturated carbocycles. The number of nitrogens with zero attached hydrogens (tertiary/aromatic N) is 2. The minimum Gasteiger partial charge on any atom is -0.334 e. The highest BCUT2D eigenvalue weighted by molar-refractivity contribution is 7.89. The van der Waals surface area contributed by atoms with Crippen molar-refractivity contribution in [1.82, 2.24) is 9.21 Å². The molecule has 0 radical (unpaired) electrons. The SMILES string of the molecule is O=C1CCCC2CN(S(=O)(=O)c3cccc(Cl)c3)CC2N1Cc1ccccc1. The maximum absolute atomic E-state index is 13.1. The standard InChI is InChI=1S/C21H23ClN2O3S/c22-18-9-5-10-19(12-18)28(26,27)23-14-17-8-4-11-21(25)24(20(17)15-23)13-16-6-2-1-3-7-16/h1-3,5-7,9-10,12,17,20H,4,8,11,13-15H2. The van der Waals surface area contributed by atoms with Crippen LogP contribution in [0.1, 0.15) is 24.8 Å². The fraction of sp³-hybridized carbons (Fsp3) is 0.381. The summed E-state index contributed by atoms with van der Waals surface area (Å²) in [5, 5.41) is 0.398. The first kappa shape index (κ1) is 19.4. The second kappa shape index (κ2) is 7.85. The molecule has 2 aliphatic rings. The minimum atomic E-state index is -3.63. The van der Waals surface area contributed by atoms with Gasteiger partial charge in [-0.25, -0.2) is 8.42 Å². The number of likely N-dealkylation sites (tertiary alicyclic amines) is 1. The predicted octanol–water partition coefficient (Wildman–Crippen LogP) is 3.54. The fourth-order valence-corrected chi connectivity index (χ4v) is 6.07. The molecule has 0 aromatic heterocycles. The number of carbonyl (C=O) groups is 1. The highest BCUT2D eigenvalue weighted by atomic mass is 35.5. The van der Waals surface area contributed by atoms with Gasteiger partial charge in [0.25, 0.3) is 0 Å². The molecule has 28 heavy (non-hydrogen) atoms. The summed E-state index contributed by atoms with van der Waals surface area (Å²) in [6, 6.07) is 16.1. The lowest BCUT2D eigenvalue weighted by molar-refractivity contribution is -0.133. The summed E-state index contributed by atoms with van der Waals surface area (Å²) < 4.78 is 27.8. The number of halogens is 1. The zero-order valence-corrected chi connectivity index (χ0v) is 17.1. The van der Waals surface area contributed by atoms with E-state index in [1.165, 1.54) is 10.4 Å². The van der Waals surface area contributed by atoms with Gasteiger partial charge in [-0.1, -0.05) is 48.0 Å². The van der Waals surface area contributed by atoms with Gasteiger partial charge in [0.1, 0.15) is 0 Å². The first-order valence-electron chi connectivity index (χ1n) is 9.54. The summed E-state index contributed by atoms with van der Waals surface area (Å²) in [6.07, 6.45) is 2.19. The van der Waals surface area contributed by atoms with Crippen LogP contribution in [0.5, 0.6) is 0 Å². The van der Waals surface area contributed by atoms with E-state index in [2.05, 4.69) is 0 Å². The summed E-state index contributed by atoms with van der Waals surface area (Å²) in [6.45, 7) is 1.29. The van der Waals surface area contributed by atoms with Gasteiger partial charge in [-0.05, 0) is 42.5 Å². The molecule has 0 spiro atoms. The molecule has 5 nitrogen and oxygen atoms in total. The largest absolute Gasteiger partial charge is 0.334 e. The molecule has 7 heteroatoms. The summed E-state index contributed by atoms with van der Waals surface area (Å²) in [4.78, 5) is 14.9. The zero-order chi connectivity index (χ0) is 19.7. The molecule has 2 aromatic rings. The van der Waals surface area contributed by atoms with Crippen LogP contribution >= 0.6 is 11.6 Å². The van der Waals surface area contributed by atoms with Crippen molar-refractivity contribution in [3.05, 3.63) is 65.2 Å². The van der Waals surface area contributed by atoms with E-state index in [4.69, 9.17) is 11.6 Å². The quantitative estimate of drug-likeness (QED) is 0.763. The van der Waals surface area contributed by atoms with Crippen LogP contribution in [-0.4, -0.2) is 42.7 Å². The van der Waals surface area contributed by atoms with E-state index < -0.39 is 10.0 Å². The Bertz CT molecular complexity index is 965. The minimum absolute atomic E-state index is 0.0934. The van der Waals surface area contributed by atoms with Crippen LogP contribution in [0.2, 0.25) is 5.02 Å². The summed E-state index contributed by atoms with van der Waals surface area (Å²) in [7, 11) is -3.63. The molecule has 148 valence electrons. The van der Waals surface area contributed by atoms with Crippen molar-refractivity contribution >= 4 is 27.5 Å². The van der Waals surface area contributed by atoms with Crippen LogP contribution in [0.4, 0.5) is 0 Å². The van der Waals surface area contributed by atoms with E-state index in [0.717, 1.165) is 18.4 Å². The summed E-state index contributed by atoms with van der Waals surface area (Å²) in [5.74, 6) is 0.266. The van der Waals surface area contributed by atoms with Crippen molar-refractivity contribution in [2.45, 2.75) is 36.7 Å². The highest BCUT2D eigenvalue weighted by Gasteiger charge is 2.44. The highest BCUT2D eigenvalue weighted by Crippen LogP contribution is 2.34. The molecule has 2 saturated heterocycles. The smallest absolute Gasteiger partial charge is 0.243 e. The number of amides is 1. The number of sulfonamides is 1. The molecule has 4 rings (SSSR count). The van der Waals surface area contributed by atoms with E-state index in [1.54, 1.807) is 18.2 Å². The third-order valence-electron chi connectivity index (χ3n) is 5.69. The average Bonchev–Trinajstić information content (AvgIpc) is 3.06. The van der Waals surface area contributed by atoms with E-state index in [-0.39, 0.29) is 22.8 Å². The second-order valence-corrected chi connectivity index (χ2v) is 9.88. The number of rotatable bonds is 4. The van der Waals surface area contributed by atoms with Crippen LogP contribution in [-0.2, 0) is 21.4 Å². The Morgan fingerprint density at radius 2 is 1.82 bits per heavy atom. The van der Waals surface area contributed by atoms with Crippen LogP contribution in [0.25, 0.3) is 0 Å². The summed E-state index contributed by atoms with van der Waals surface area (Å²) >= 11 is 6.00. The Hall–Kier alpha value is -1.89. The van der Waals surface area contributed by atoms with Crippen molar-refractivity contribution in [3.63, 3.8) is 0 Å². The molecule has 2 aromatic carbocycles. The number of carbonyl (C=O) groups excluding carboxylic acids is 1. The van der Waals surface area contributed by atoms with Gasteiger partial charge in [0.15, 0.2) is 0 Å². The molecule has 1 amide bonds. The first-order chi connectivity index (χ1) is 13.4. The molecule has 2 fully saturated rings. The maximum atomic E-state index is 13.1. The molecule has 2 atom stereocenters. The van der Waals surface area contributed by atoms with Crippen LogP contribution < -0.4 is 0 Å². The lowest BCUT2D eigenvalue weighted by Crippen LogP contribution is -2.43. The van der Waals surface area contributed by atoms with Gasteiger partial charge in [0, 0.05) is 37.1 Å². The first-order valence-corrected chi connectivity index (χ1v) is 11.4. The van der Waals surface area contributed by atoms with E-state index in [1.807, 2.05) is 35.2 Å². The van der Waals surface area contributed by atoms with Gasteiger partial charge < -0.3 is 4.90 Å². The molecule has 0 bridgehead atoms. The van der Waals surface area contributed by atoms with Crippen molar-refractivity contribution in [2.24, 2.45) is 5.92 Å². The third kappa shape index (κ3) is 3.81. The van der Waals surface area contributed by atoms with Gasteiger partial charge in [-0.2, -0.15) is 4.31 Å². The topological polar surface area (TPSA) is 57.7 Å². The van der Waals surface area contributed by atoms with Crippen molar-refractivity contribution in [3.8, 4) is 0 Å².